The Hall–Kier alpha value is -2.71. The van der Waals surface area contributed by atoms with E-state index < -0.39 is 18.0 Å². The van der Waals surface area contributed by atoms with Crippen molar-refractivity contribution in [3.05, 3.63) is 48.6 Å². The number of esters is 3. The van der Waals surface area contributed by atoms with Crippen LogP contribution < -0.4 is 0 Å². The summed E-state index contributed by atoms with van der Waals surface area (Å²) in [6, 6.07) is 0. The summed E-state index contributed by atoms with van der Waals surface area (Å²) in [7, 11) is 3.88. The average molecular weight is 774 g/mol. The number of aliphatic hydroxyl groups is 1. The SMILES string of the molecule is CCCCC/C=C\C/C=C\CCCCCCCC(=O)OCC(CO)(COC(=O)CCCCCCC/C=C\C/C=C\CCCCC)COC(=O)CCCN(C)C. The zero-order chi connectivity index (χ0) is 40.5. The first kappa shape index (κ1) is 52.3. The number of hydrogen-bond acceptors (Lipinski definition) is 8. The van der Waals surface area contributed by atoms with Gasteiger partial charge in [-0.2, -0.15) is 0 Å². The lowest BCUT2D eigenvalue weighted by Gasteiger charge is -2.30. The van der Waals surface area contributed by atoms with Gasteiger partial charge in [-0.1, -0.05) is 127 Å². The van der Waals surface area contributed by atoms with Gasteiger partial charge in [0.05, 0.1) is 12.0 Å². The predicted octanol–water partition coefficient (Wildman–Crippen LogP) is 11.6. The molecule has 55 heavy (non-hydrogen) atoms. The van der Waals surface area contributed by atoms with Crippen LogP contribution >= 0.6 is 0 Å². The van der Waals surface area contributed by atoms with E-state index >= 15 is 0 Å². The van der Waals surface area contributed by atoms with Crippen molar-refractivity contribution in [3.63, 3.8) is 0 Å². The van der Waals surface area contributed by atoms with Gasteiger partial charge in [0.2, 0.25) is 0 Å². The van der Waals surface area contributed by atoms with E-state index in [-0.39, 0.29) is 51.0 Å². The number of carbonyl (C=O) groups is 3. The molecule has 8 heteroatoms. The number of hydrogen-bond donors (Lipinski definition) is 1. The molecule has 8 nitrogen and oxygen atoms in total. The minimum absolute atomic E-state index is 0.190. The van der Waals surface area contributed by atoms with Crippen molar-refractivity contribution in [1.82, 2.24) is 4.90 Å². The zero-order valence-electron chi connectivity index (χ0n) is 35.9. The number of unbranched alkanes of at least 4 members (excludes halogenated alkanes) is 16. The normalized spacial score (nSPS) is 12.3. The second-order valence-electron chi connectivity index (χ2n) is 15.5. The summed E-state index contributed by atoms with van der Waals surface area (Å²) >= 11 is 0. The van der Waals surface area contributed by atoms with Crippen LogP contribution in [-0.4, -0.2) is 75.0 Å². The number of allylic oxidation sites excluding steroid dienone is 8. The van der Waals surface area contributed by atoms with Crippen LogP contribution in [0.3, 0.4) is 0 Å². The van der Waals surface area contributed by atoms with Gasteiger partial charge in [-0.3, -0.25) is 14.4 Å². The quantitative estimate of drug-likeness (QED) is 0.0285. The Morgan fingerprint density at radius 1 is 0.473 bits per heavy atom. The first-order valence-electron chi connectivity index (χ1n) is 22.1. The Balaban J connectivity index is 4.50. The number of nitrogens with zero attached hydrogens (tertiary/aromatic N) is 1. The van der Waals surface area contributed by atoms with Crippen LogP contribution in [0.5, 0.6) is 0 Å². The highest BCUT2D eigenvalue weighted by Crippen LogP contribution is 2.21. The summed E-state index contributed by atoms with van der Waals surface area (Å²) in [5, 5.41) is 10.4. The summed E-state index contributed by atoms with van der Waals surface area (Å²) in [5.74, 6) is -1.12. The zero-order valence-corrected chi connectivity index (χ0v) is 35.9. The number of rotatable bonds is 39. The van der Waals surface area contributed by atoms with E-state index in [1.807, 2.05) is 19.0 Å². The molecule has 0 unspecified atom stereocenters. The number of aliphatic hydroxyl groups excluding tert-OH is 1. The van der Waals surface area contributed by atoms with E-state index in [2.05, 4.69) is 62.5 Å². The maximum absolute atomic E-state index is 12.6. The van der Waals surface area contributed by atoms with Crippen molar-refractivity contribution < 1.29 is 33.7 Å². The Labute approximate surface area is 337 Å². The van der Waals surface area contributed by atoms with Crippen LogP contribution in [0.1, 0.15) is 181 Å². The summed E-state index contributed by atoms with van der Waals surface area (Å²) in [6.45, 7) is 4.18. The van der Waals surface area contributed by atoms with Crippen molar-refractivity contribution >= 4 is 17.9 Å². The lowest BCUT2D eigenvalue weighted by molar-refractivity contribution is -0.165. The van der Waals surface area contributed by atoms with Gasteiger partial charge >= 0.3 is 17.9 Å². The predicted molar refractivity (Wildman–Crippen MR) is 229 cm³/mol. The van der Waals surface area contributed by atoms with E-state index in [1.54, 1.807) is 0 Å². The summed E-state index contributed by atoms with van der Waals surface area (Å²) in [6.07, 6.45) is 43.7. The second-order valence-corrected chi connectivity index (χ2v) is 15.5. The second kappa shape index (κ2) is 39.5. The smallest absolute Gasteiger partial charge is 0.305 e. The molecule has 0 aliphatic heterocycles. The van der Waals surface area contributed by atoms with E-state index in [1.165, 1.54) is 51.4 Å². The summed E-state index contributed by atoms with van der Waals surface area (Å²) in [5.41, 5.74) is -1.21. The van der Waals surface area contributed by atoms with E-state index in [4.69, 9.17) is 14.2 Å². The molecular weight excluding hydrogens is 691 g/mol. The van der Waals surface area contributed by atoms with Gasteiger partial charge in [-0.25, -0.2) is 0 Å². The largest absolute Gasteiger partial charge is 0.465 e. The van der Waals surface area contributed by atoms with Crippen LogP contribution in [-0.2, 0) is 28.6 Å². The molecule has 0 rings (SSSR count). The van der Waals surface area contributed by atoms with E-state index in [0.29, 0.717) is 6.42 Å². The Morgan fingerprint density at radius 2 is 0.800 bits per heavy atom. The third-order valence-corrected chi connectivity index (χ3v) is 9.60. The summed E-state index contributed by atoms with van der Waals surface area (Å²) < 4.78 is 16.7. The highest BCUT2D eigenvalue weighted by atomic mass is 16.6. The standard InChI is InChI=1S/C47H83NO7/c1-5-7-9-11-13-15-17-19-21-23-25-27-29-31-33-36-44(50)53-41-47(40-49,43-55-46(52)38-35-39-48(3)4)42-54-45(51)37-34-32-30-28-26-24-22-20-18-16-14-12-10-8-6-2/h13-16,19-22,49H,5-12,17-18,23-43H2,1-4H3/b15-13-,16-14-,21-19-,22-20-. The molecule has 0 saturated heterocycles. The highest BCUT2D eigenvalue weighted by Gasteiger charge is 2.35. The molecule has 0 aliphatic carbocycles. The van der Waals surface area contributed by atoms with Crippen molar-refractivity contribution in [2.24, 2.45) is 5.41 Å². The van der Waals surface area contributed by atoms with Crippen LogP contribution in [0, 0.1) is 5.41 Å². The van der Waals surface area contributed by atoms with Crippen LogP contribution in [0.2, 0.25) is 0 Å². The van der Waals surface area contributed by atoms with E-state index in [0.717, 1.165) is 96.4 Å². The van der Waals surface area contributed by atoms with Gasteiger partial charge < -0.3 is 24.2 Å². The fraction of sp³-hybridized carbons (Fsp3) is 0.766. The molecule has 0 aliphatic rings. The monoisotopic (exact) mass is 774 g/mol. The third kappa shape index (κ3) is 36.7. The Morgan fingerprint density at radius 3 is 1.15 bits per heavy atom. The topological polar surface area (TPSA) is 102 Å². The average Bonchev–Trinajstić information content (AvgIpc) is 3.17. The van der Waals surface area contributed by atoms with Gasteiger partial charge in [0.15, 0.2) is 0 Å². The Bertz CT molecular complexity index is 970. The minimum Gasteiger partial charge on any atom is -0.465 e. The molecule has 0 saturated carbocycles. The summed E-state index contributed by atoms with van der Waals surface area (Å²) in [4.78, 5) is 39.7. The molecule has 0 fully saturated rings. The maximum Gasteiger partial charge on any atom is 0.305 e. The van der Waals surface area contributed by atoms with Crippen molar-refractivity contribution in [3.8, 4) is 0 Å². The van der Waals surface area contributed by atoms with Gasteiger partial charge in [-0.15, -0.1) is 0 Å². The van der Waals surface area contributed by atoms with Crippen LogP contribution in [0.25, 0.3) is 0 Å². The highest BCUT2D eigenvalue weighted by molar-refractivity contribution is 5.70. The fourth-order valence-electron chi connectivity index (χ4n) is 5.88. The Kier molecular flexibility index (Phi) is 37.6. The molecule has 1 N–H and O–H groups in total. The van der Waals surface area contributed by atoms with Crippen molar-refractivity contribution in [1.29, 1.82) is 0 Å². The lowest BCUT2D eigenvalue weighted by atomic mass is 9.92. The molecule has 0 spiro atoms. The molecule has 0 aromatic carbocycles. The molecule has 0 atom stereocenters. The van der Waals surface area contributed by atoms with Gasteiger partial charge in [0.25, 0.3) is 0 Å². The molecule has 0 aromatic rings. The molecule has 0 heterocycles. The molecule has 0 bridgehead atoms. The molecule has 0 aromatic heterocycles. The number of carbonyl (C=O) groups excluding carboxylic acids is 3. The van der Waals surface area contributed by atoms with Gasteiger partial charge in [0, 0.05) is 19.3 Å². The minimum atomic E-state index is -1.21. The van der Waals surface area contributed by atoms with Crippen molar-refractivity contribution in [2.75, 3.05) is 47.1 Å². The first-order chi connectivity index (χ1) is 26.8. The lowest BCUT2D eigenvalue weighted by Crippen LogP contribution is -2.42. The third-order valence-electron chi connectivity index (χ3n) is 9.60. The number of ether oxygens (including phenoxy) is 3. The van der Waals surface area contributed by atoms with E-state index in [9.17, 15) is 19.5 Å². The maximum atomic E-state index is 12.6. The van der Waals surface area contributed by atoms with Gasteiger partial charge in [0.1, 0.15) is 19.8 Å². The molecule has 318 valence electrons. The fourth-order valence-corrected chi connectivity index (χ4v) is 5.88. The molecular formula is C47H83NO7. The van der Waals surface area contributed by atoms with Crippen molar-refractivity contribution in [2.45, 2.75) is 181 Å². The van der Waals surface area contributed by atoms with Crippen LogP contribution in [0.4, 0.5) is 0 Å². The molecule has 0 radical (unpaired) electrons. The van der Waals surface area contributed by atoms with Crippen LogP contribution in [0.15, 0.2) is 48.6 Å². The molecule has 0 amide bonds. The van der Waals surface area contributed by atoms with Gasteiger partial charge in [-0.05, 0) is 104 Å². The first-order valence-corrected chi connectivity index (χ1v) is 22.1.